The summed E-state index contributed by atoms with van der Waals surface area (Å²) in [5.41, 5.74) is -0.130. The molecule has 0 saturated carbocycles. The Kier molecular flexibility index (Phi) is 4.20. The number of hydrogen-bond donors (Lipinski definition) is 0. The number of fused-ring (bicyclic) bond motifs is 1. The van der Waals surface area contributed by atoms with Crippen LogP contribution in [0.2, 0.25) is 0 Å². The molecule has 4 nitrogen and oxygen atoms in total. The molecule has 3 aliphatic heterocycles. The van der Waals surface area contributed by atoms with Crippen LogP contribution < -0.4 is 0 Å². The van der Waals surface area contributed by atoms with Gasteiger partial charge >= 0.3 is 0 Å². The van der Waals surface area contributed by atoms with Crippen LogP contribution in [0.4, 0.5) is 0 Å². The molecule has 3 saturated heterocycles. The van der Waals surface area contributed by atoms with Crippen LogP contribution in [0.15, 0.2) is 0 Å². The van der Waals surface area contributed by atoms with Gasteiger partial charge in [-0.2, -0.15) is 0 Å². The maximum absolute atomic E-state index is 11.5. The fraction of sp³-hybridized carbons (Fsp3) is 0.933. The highest BCUT2D eigenvalue weighted by Gasteiger charge is 2.37. The Morgan fingerprint density at radius 3 is 2.79 bits per heavy atom. The minimum Gasteiger partial charge on any atom is -0.381 e. The monoisotopic (exact) mass is 266 g/mol. The van der Waals surface area contributed by atoms with Crippen LogP contribution in [-0.4, -0.2) is 68.1 Å². The molecule has 0 spiro atoms. The van der Waals surface area contributed by atoms with Gasteiger partial charge in [0, 0.05) is 50.8 Å². The van der Waals surface area contributed by atoms with E-state index in [1.54, 1.807) is 0 Å². The lowest BCUT2D eigenvalue weighted by molar-refractivity contribution is -0.124. The summed E-state index contributed by atoms with van der Waals surface area (Å²) in [4.78, 5) is 16.7. The highest BCUT2D eigenvalue weighted by molar-refractivity contribution is 5.60. The first-order chi connectivity index (χ1) is 9.31. The molecule has 4 heteroatoms. The highest BCUT2D eigenvalue weighted by atomic mass is 16.5. The van der Waals surface area contributed by atoms with Crippen LogP contribution in [-0.2, 0) is 9.53 Å². The van der Waals surface area contributed by atoms with Crippen molar-refractivity contribution in [1.82, 2.24) is 9.80 Å². The van der Waals surface area contributed by atoms with Gasteiger partial charge < -0.3 is 9.53 Å². The zero-order valence-electron chi connectivity index (χ0n) is 11.9. The Bertz CT molecular complexity index is 315. The summed E-state index contributed by atoms with van der Waals surface area (Å²) in [6.07, 6.45) is 7.10. The van der Waals surface area contributed by atoms with Crippen LogP contribution >= 0.6 is 0 Å². The lowest BCUT2D eigenvalue weighted by Crippen LogP contribution is -2.57. The molecule has 0 aromatic carbocycles. The Balaban J connectivity index is 1.58. The quantitative estimate of drug-likeness (QED) is 0.718. The van der Waals surface area contributed by atoms with Gasteiger partial charge in [0.2, 0.25) is 0 Å². The lowest BCUT2D eigenvalue weighted by atomic mass is 9.81. The van der Waals surface area contributed by atoms with Gasteiger partial charge in [0.25, 0.3) is 0 Å². The molecular formula is C15H26N2O2. The summed E-state index contributed by atoms with van der Waals surface area (Å²) >= 11 is 0. The number of carbonyl (C=O) groups is 1. The first kappa shape index (κ1) is 13.5. The van der Waals surface area contributed by atoms with Gasteiger partial charge in [0.1, 0.15) is 6.29 Å². The number of piperazine rings is 1. The largest absolute Gasteiger partial charge is 0.381 e. The summed E-state index contributed by atoms with van der Waals surface area (Å²) in [5, 5.41) is 0. The predicted molar refractivity (Wildman–Crippen MR) is 74.2 cm³/mol. The van der Waals surface area contributed by atoms with Gasteiger partial charge in [-0.1, -0.05) is 6.42 Å². The number of carbonyl (C=O) groups excluding carboxylic acids is 1. The molecule has 3 heterocycles. The molecule has 0 bridgehead atoms. The SMILES string of the molecule is O=CC1(CN2CCN3CCCCC3C2)CCOCC1. The molecule has 0 aromatic heterocycles. The summed E-state index contributed by atoms with van der Waals surface area (Å²) in [5.74, 6) is 0. The van der Waals surface area contributed by atoms with Crippen molar-refractivity contribution in [2.24, 2.45) is 5.41 Å². The second-order valence-electron chi connectivity index (χ2n) is 6.51. The van der Waals surface area contributed by atoms with Crippen molar-refractivity contribution in [3.63, 3.8) is 0 Å². The first-order valence-electron chi connectivity index (χ1n) is 7.82. The van der Waals surface area contributed by atoms with Crippen molar-refractivity contribution in [2.45, 2.75) is 38.1 Å². The molecule has 19 heavy (non-hydrogen) atoms. The summed E-state index contributed by atoms with van der Waals surface area (Å²) < 4.78 is 5.42. The van der Waals surface area contributed by atoms with Gasteiger partial charge in [0.15, 0.2) is 0 Å². The van der Waals surface area contributed by atoms with Crippen molar-refractivity contribution in [3.8, 4) is 0 Å². The van der Waals surface area contributed by atoms with Crippen LogP contribution in [0, 0.1) is 5.41 Å². The third kappa shape index (κ3) is 3.01. The van der Waals surface area contributed by atoms with Crippen molar-refractivity contribution < 1.29 is 9.53 Å². The van der Waals surface area contributed by atoms with Crippen LogP contribution in [0.1, 0.15) is 32.1 Å². The smallest absolute Gasteiger partial charge is 0.127 e. The molecule has 0 aliphatic carbocycles. The molecule has 3 aliphatic rings. The summed E-state index contributed by atoms with van der Waals surface area (Å²) in [6, 6.07) is 0.742. The fourth-order valence-electron chi connectivity index (χ4n) is 3.90. The molecule has 1 unspecified atom stereocenters. The van der Waals surface area contributed by atoms with E-state index in [0.717, 1.165) is 51.7 Å². The number of ether oxygens (including phenoxy) is 1. The molecule has 1 atom stereocenters. The zero-order valence-corrected chi connectivity index (χ0v) is 11.9. The van der Waals surface area contributed by atoms with E-state index >= 15 is 0 Å². The molecule has 3 fully saturated rings. The van der Waals surface area contributed by atoms with E-state index < -0.39 is 0 Å². The van der Waals surface area contributed by atoms with E-state index in [0.29, 0.717) is 0 Å². The summed E-state index contributed by atoms with van der Waals surface area (Å²) in [6.45, 7) is 7.22. The second kappa shape index (κ2) is 5.90. The minimum absolute atomic E-state index is 0.130. The Labute approximate surface area is 116 Å². The third-order valence-electron chi connectivity index (χ3n) is 5.20. The zero-order chi connectivity index (χ0) is 13.1. The Hall–Kier alpha value is -0.450. The third-order valence-corrected chi connectivity index (χ3v) is 5.20. The van der Waals surface area contributed by atoms with Crippen molar-refractivity contribution in [2.75, 3.05) is 45.9 Å². The maximum Gasteiger partial charge on any atom is 0.127 e. The Morgan fingerprint density at radius 1 is 1.16 bits per heavy atom. The number of piperidine rings is 1. The van der Waals surface area contributed by atoms with Gasteiger partial charge in [-0.15, -0.1) is 0 Å². The first-order valence-corrected chi connectivity index (χ1v) is 7.82. The van der Waals surface area contributed by atoms with Crippen molar-refractivity contribution in [1.29, 1.82) is 0 Å². The molecular weight excluding hydrogens is 240 g/mol. The normalized spacial score (nSPS) is 32.7. The van der Waals surface area contributed by atoms with E-state index in [1.807, 2.05) is 0 Å². The van der Waals surface area contributed by atoms with Crippen molar-refractivity contribution >= 4 is 6.29 Å². The Morgan fingerprint density at radius 2 is 2.00 bits per heavy atom. The van der Waals surface area contributed by atoms with Gasteiger partial charge in [-0.25, -0.2) is 0 Å². The standard InChI is InChI=1S/C15H26N2O2/c18-13-15(4-9-19-10-5-15)12-16-7-8-17-6-2-1-3-14(17)11-16/h13-14H,1-12H2. The minimum atomic E-state index is -0.130. The van der Waals surface area contributed by atoms with E-state index in [9.17, 15) is 4.79 Å². The molecule has 108 valence electrons. The fourth-order valence-corrected chi connectivity index (χ4v) is 3.90. The van der Waals surface area contributed by atoms with E-state index in [-0.39, 0.29) is 5.41 Å². The number of nitrogens with zero attached hydrogens (tertiary/aromatic N) is 2. The van der Waals surface area contributed by atoms with E-state index in [4.69, 9.17) is 4.74 Å². The van der Waals surface area contributed by atoms with Crippen LogP contribution in [0.25, 0.3) is 0 Å². The molecule has 0 N–H and O–H groups in total. The summed E-state index contributed by atoms with van der Waals surface area (Å²) in [7, 11) is 0. The second-order valence-corrected chi connectivity index (χ2v) is 6.51. The topological polar surface area (TPSA) is 32.8 Å². The number of hydrogen-bond acceptors (Lipinski definition) is 4. The van der Waals surface area contributed by atoms with Gasteiger partial charge in [0.05, 0.1) is 0 Å². The average Bonchev–Trinajstić information content (AvgIpc) is 2.48. The predicted octanol–water partition coefficient (Wildman–Crippen LogP) is 1.15. The van der Waals surface area contributed by atoms with Gasteiger partial charge in [-0.05, 0) is 32.2 Å². The van der Waals surface area contributed by atoms with Gasteiger partial charge in [-0.3, -0.25) is 9.80 Å². The number of aldehydes is 1. The number of rotatable bonds is 3. The molecule has 0 aromatic rings. The van der Waals surface area contributed by atoms with Crippen molar-refractivity contribution in [3.05, 3.63) is 0 Å². The molecule has 0 amide bonds. The maximum atomic E-state index is 11.5. The average molecular weight is 266 g/mol. The van der Waals surface area contributed by atoms with E-state index in [2.05, 4.69) is 9.80 Å². The molecule has 3 rings (SSSR count). The van der Waals surface area contributed by atoms with Crippen LogP contribution in [0.3, 0.4) is 0 Å². The van der Waals surface area contributed by atoms with Crippen LogP contribution in [0.5, 0.6) is 0 Å². The highest BCUT2D eigenvalue weighted by Crippen LogP contribution is 2.31. The van der Waals surface area contributed by atoms with E-state index in [1.165, 1.54) is 38.6 Å². The molecule has 0 radical (unpaired) electrons. The lowest BCUT2D eigenvalue weighted by Gasteiger charge is -2.46.